The largest absolute Gasteiger partial charge is 0.342 e. The summed E-state index contributed by atoms with van der Waals surface area (Å²) < 4.78 is 0. The van der Waals surface area contributed by atoms with Gasteiger partial charge < -0.3 is 10.2 Å². The number of likely N-dealkylation sites (tertiary alicyclic amines) is 1. The third kappa shape index (κ3) is 5.81. The van der Waals surface area contributed by atoms with Crippen molar-refractivity contribution in [3.8, 4) is 0 Å². The number of carbonyl (C=O) groups is 2. The molecule has 2 fully saturated rings. The average molecular weight is 386 g/mol. The lowest BCUT2D eigenvalue weighted by atomic mass is 9.92. The van der Waals surface area contributed by atoms with Crippen LogP contribution in [-0.4, -0.2) is 53.8 Å². The molecule has 5 heteroatoms. The van der Waals surface area contributed by atoms with Crippen LogP contribution >= 0.6 is 0 Å². The molecule has 154 valence electrons. The summed E-state index contributed by atoms with van der Waals surface area (Å²) in [7, 11) is 0. The second kappa shape index (κ2) is 9.08. The van der Waals surface area contributed by atoms with Gasteiger partial charge in [0.05, 0.1) is 6.54 Å². The van der Waals surface area contributed by atoms with Crippen LogP contribution in [0.1, 0.15) is 50.7 Å². The molecule has 1 saturated heterocycles. The fourth-order valence-electron chi connectivity index (χ4n) is 4.34. The normalized spacial score (nSPS) is 22.4. The molecule has 2 atom stereocenters. The fraction of sp³-hybridized carbons (Fsp3) is 0.652. The van der Waals surface area contributed by atoms with Gasteiger partial charge in [0, 0.05) is 37.8 Å². The molecule has 0 radical (unpaired) electrons. The second-order valence-electron chi connectivity index (χ2n) is 9.06. The molecule has 0 spiro atoms. The van der Waals surface area contributed by atoms with Crippen LogP contribution in [0.4, 0.5) is 5.69 Å². The molecule has 1 aromatic rings. The fourth-order valence-corrected chi connectivity index (χ4v) is 4.34. The molecule has 1 N–H and O–H groups in total. The number of aryl methyl sites for hydroxylation is 2. The molecule has 1 heterocycles. The standard InChI is InChI=1S/C23H35N3O2/c1-16-5-6-19(4)21(12-16)24-22(27)15-25(20-7-8-20)10-9-23(28)26-13-17(2)11-18(3)14-26/h5-6,12,17-18,20H,7-11,13-15H2,1-4H3,(H,24,27). The Hall–Kier alpha value is -1.88. The molecule has 28 heavy (non-hydrogen) atoms. The van der Waals surface area contributed by atoms with E-state index >= 15 is 0 Å². The van der Waals surface area contributed by atoms with Crippen LogP contribution in [0.2, 0.25) is 0 Å². The molecule has 2 amide bonds. The van der Waals surface area contributed by atoms with Crippen LogP contribution in [0.25, 0.3) is 0 Å². The minimum atomic E-state index is 0.00765. The third-order valence-corrected chi connectivity index (χ3v) is 5.91. The van der Waals surface area contributed by atoms with Crippen LogP contribution < -0.4 is 5.32 Å². The monoisotopic (exact) mass is 385 g/mol. The molecule has 2 aliphatic rings. The minimum Gasteiger partial charge on any atom is -0.342 e. The first kappa shape index (κ1) is 20.8. The molecule has 1 saturated carbocycles. The highest BCUT2D eigenvalue weighted by Gasteiger charge is 2.31. The Morgan fingerprint density at radius 2 is 1.82 bits per heavy atom. The van der Waals surface area contributed by atoms with Gasteiger partial charge >= 0.3 is 0 Å². The Morgan fingerprint density at radius 3 is 2.46 bits per heavy atom. The zero-order valence-electron chi connectivity index (χ0n) is 17.8. The summed E-state index contributed by atoms with van der Waals surface area (Å²) in [6.45, 7) is 11.3. The molecule has 2 unspecified atom stereocenters. The lowest BCUT2D eigenvalue weighted by molar-refractivity contribution is -0.134. The summed E-state index contributed by atoms with van der Waals surface area (Å²) in [5, 5.41) is 3.05. The van der Waals surface area contributed by atoms with Crippen LogP contribution in [0.3, 0.4) is 0 Å². The van der Waals surface area contributed by atoms with Crippen molar-refractivity contribution in [3.63, 3.8) is 0 Å². The number of rotatable bonds is 7. The van der Waals surface area contributed by atoms with E-state index in [9.17, 15) is 9.59 Å². The van der Waals surface area contributed by atoms with Crippen molar-refractivity contribution in [2.45, 2.75) is 59.4 Å². The summed E-state index contributed by atoms with van der Waals surface area (Å²) in [5.74, 6) is 1.40. The molecule has 3 rings (SSSR count). The van der Waals surface area contributed by atoms with Crippen LogP contribution in [0, 0.1) is 25.7 Å². The zero-order chi connectivity index (χ0) is 20.3. The van der Waals surface area contributed by atoms with Gasteiger partial charge in [0.25, 0.3) is 0 Å². The van der Waals surface area contributed by atoms with Gasteiger partial charge in [-0.25, -0.2) is 0 Å². The summed E-state index contributed by atoms with van der Waals surface area (Å²) >= 11 is 0. The topological polar surface area (TPSA) is 52.7 Å². The van der Waals surface area contributed by atoms with Crippen molar-refractivity contribution in [2.75, 3.05) is 31.5 Å². The SMILES string of the molecule is Cc1ccc(C)c(NC(=O)CN(CCC(=O)N2CC(C)CC(C)C2)C2CC2)c1. The third-order valence-electron chi connectivity index (χ3n) is 5.91. The van der Waals surface area contributed by atoms with Gasteiger partial charge in [-0.15, -0.1) is 0 Å². The van der Waals surface area contributed by atoms with Crippen molar-refractivity contribution in [1.82, 2.24) is 9.80 Å². The zero-order valence-corrected chi connectivity index (χ0v) is 17.8. The quantitative estimate of drug-likeness (QED) is 0.780. The summed E-state index contributed by atoms with van der Waals surface area (Å²) in [6, 6.07) is 6.55. The number of nitrogens with one attached hydrogen (secondary N) is 1. The highest BCUT2D eigenvalue weighted by atomic mass is 16.2. The number of nitrogens with zero attached hydrogens (tertiary/aromatic N) is 2. The molecular weight excluding hydrogens is 350 g/mol. The smallest absolute Gasteiger partial charge is 0.238 e. The highest BCUT2D eigenvalue weighted by Crippen LogP contribution is 2.27. The Kier molecular flexibility index (Phi) is 6.76. The number of hydrogen-bond acceptors (Lipinski definition) is 3. The highest BCUT2D eigenvalue weighted by molar-refractivity contribution is 5.93. The molecule has 5 nitrogen and oxygen atoms in total. The van der Waals surface area contributed by atoms with Crippen molar-refractivity contribution in [1.29, 1.82) is 0 Å². The molecule has 1 aliphatic heterocycles. The maximum Gasteiger partial charge on any atom is 0.238 e. The molecule has 0 bridgehead atoms. The Labute approximate surface area is 169 Å². The van der Waals surface area contributed by atoms with Crippen molar-refractivity contribution in [3.05, 3.63) is 29.3 Å². The first-order chi connectivity index (χ1) is 13.3. The number of hydrogen-bond donors (Lipinski definition) is 1. The summed E-state index contributed by atoms with van der Waals surface area (Å²) in [6.07, 6.45) is 3.97. The van der Waals surface area contributed by atoms with E-state index in [0.717, 1.165) is 42.7 Å². The molecule has 1 aliphatic carbocycles. The van der Waals surface area contributed by atoms with Crippen LogP contribution in [0.5, 0.6) is 0 Å². The van der Waals surface area contributed by atoms with Crippen LogP contribution in [-0.2, 0) is 9.59 Å². The van der Waals surface area contributed by atoms with E-state index in [1.807, 2.05) is 30.9 Å². The Balaban J connectivity index is 1.52. The summed E-state index contributed by atoms with van der Waals surface area (Å²) in [5.41, 5.74) is 3.09. The predicted molar refractivity (Wildman–Crippen MR) is 113 cm³/mol. The van der Waals surface area contributed by atoms with E-state index < -0.39 is 0 Å². The van der Waals surface area contributed by atoms with E-state index in [-0.39, 0.29) is 11.8 Å². The van der Waals surface area contributed by atoms with Crippen molar-refractivity contribution in [2.24, 2.45) is 11.8 Å². The van der Waals surface area contributed by atoms with Crippen LogP contribution in [0.15, 0.2) is 18.2 Å². The van der Waals surface area contributed by atoms with Gasteiger partial charge in [-0.05, 0) is 62.1 Å². The lowest BCUT2D eigenvalue weighted by Crippen LogP contribution is -2.44. The number of anilines is 1. The van der Waals surface area contributed by atoms with Gasteiger partial charge in [0.15, 0.2) is 0 Å². The Morgan fingerprint density at radius 1 is 1.14 bits per heavy atom. The van der Waals surface area contributed by atoms with Crippen molar-refractivity contribution < 1.29 is 9.59 Å². The van der Waals surface area contributed by atoms with Gasteiger partial charge in [-0.3, -0.25) is 14.5 Å². The van der Waals surface area contributed by atoms with Gasteiger partial charge in [0.1, 0.15) is 0 Å². The second-order valence-corrected chi connectivity index (χ2v) is 9.06. The lowest BCUT2D eigenvalue weighted by Gasteiger charge is -2.35. The minimum absolute atomic E-state index is 0.00765. The number of carbonyl (C=O) groups excluding carboxylic acids is 2. The molecule has 0 aromatic heterocycles. The van der Waals surface area contributed by atoms with E-state index in [4.69, 9.17) is 0 Å². The number of amides is 2. The first-order valence-electron chi connectivity index (χ1n) is 10.7. The van der Waals surface area contributed by atoms with Gasteiger partial charge in [0.2, 0.25) is 11.8 Å². The maximum atomic E-state index is 12.7. The first-order valence-corrected chi connectivity index (χ1v) is 10.7. The van der Waals surface area contributed by atoms with Crippen molar-refractivity contribution >= 4 is 17.5 Å². The van der Waals surface area contributed by atoms with E-state index in [1.54, 1.807) is 0 Å². The van der Waals surface area contributed by atoms with E-state index in [2.05, 4.69) is 30.1 Å². The number of piperidine rings is 1. The Bertz CT molecular complexity index is 704. The van der Waals surface area contributed by atoms with E-state index in [1.165, 1.54) is 6.42 Å². The van der Waals surface area contributed by atoms with Gasteiger partial charge in [-0.1, -0.05) is 26.0 Å². The van der Waals surface area contributed by atoms with Gasteiger partial charge in [-0.2, -0.15) is 0 Å². The molecule has 1 aromatic carbocycles. The summed E-state index contributed by atoms with van der Waals surface area (Å²) in [4.78, 5) is 29.5. The van der Waals surface area contributed by atoms with E-state index in [0.29, 0.717) is 37.4 Å². The maximum absolute atomic E-state index is 12.7. The predicted octanol–water partition coefficient (Wildman–Crippen LogP) is 3.60. The average Bonchev–Trinajstić information content (AvgIpc) is 3.45. The molecular formula is C23H35N3O2. The number of benzene rings is 1.